The highest BCUT2D eigenvalue weighted by Crippen LogP contribution is 2.40. The molecule has 1 heterocycles. The topological polar surface area (TPSA) is 69.9 Å². The van der Waals surface area contributed by atoms with Crippen LogP contribution < -0.4 is 19.5 Å². The van der Waals surface area contributed by atoms with Crippen molar-refractivity contribution >= 4 is 11.6 Å². The van der Waals surface area contributed by atoms with Gasteiger partial charge < -0.3 is 23.9 Å². The van der Waals surface area contributed by atoms with Gasteiger partial charge in [-0.3, -0.25) is 4.79 Å². The van der Waals surface area contributed by atoms with E-state index < -0.39 is 0 Å². The van der Waals surface area contributed by atoms with E-state index in [9.17, 15) is 4.79 Å². The zero-order chi connectivity index (χ0) is 18.5. The number of hydrogen-bond donors (Lipinski definition) is 1. The molecule has 134 valence electrons. The van der Waals surface area contributed by atoms with Gasteiger partial charge in [0.25, 0.3) is 5.91 Å². The van der Waals surface area contributed by atoms with E-state index in [1.807, 2.05) is 30.3 Å². The van der Waals surface area contributed by atoms with Crippen molar-refractivity contribution in [2.45, 2.75) is 0 Å². The first kappa shape index (κ1) is 17.4. The number of ether oxygens (including phenoxy) is 3. The van der Waals surface area contributed by atoms with Gasteiger partial charge in [0.1, 0.15) is 0 Å². The molecular weight excluding hydrogens is 334 g/mol. The first-order chi connectivity index (χ1) is 12.7. The Morgan fingerprint density at radius 1 is 0.923 bits per heavy atom. The average molecular weight is 353 g/mol. The van der Waals surface area contributed by atoms with Gasteiger partial charge in [-0.1, -0.05) is 30.3 Å². The Morgan fingerprint density at radius 3 is 2.15 bits per heavy atom. The highest BCUT2D eigenvalue weighted by molar-refractivity contribution is 6.06. The molecule has 0 fully saturated rings. The summed E-state index contributed by atoms with van der Waals surface area (Å²) in [5.74, 6) is 1.21. The standard InChI is InChI=1S/C20H19NO5/c1-23-16-11-14(12-17(24-2)19(16)25-3)21-20(22)18-15(9-10-26-18)13-7-5-4-6-8-13/h4-12H,1-3H3,(H,21,22). The third kappa shape index (κ3) is 3.35. The molecule has 0 unspecified atom stereocenters. The number of hydrogen-bond acceptors (Lipinski definition) is 5. The van der Waals surface area contributed by atoms with Crippen LogP contribution in [0.25, 0.3) is 11.1 Å². The molecule has 1 amide bonds. The summed E-state index contributed by atoms with van der Waals surface area (Å²) in [5.41, 5.74) is 2.12. The maximum Gasteiger partial charge on any atom is 0.292 e. The molecule has 3 rings (SSSR count). The van der Waals surface area contributed by atoms with E-state index in [0.29, 0.717) is 22.9 Å². The molecule has 0 saturated heterocycles. The van der Waals surface area contributed by atoms with Crippen molar-refractivity contribution in [2.24, 2.45) is 0 Å². The second kappa shape index (κ2) is 7.65. The summed E-state index contributed by atoms with van der Waals surface area (Å²) in [6.07, 6.45) is 1.49. The van der Waals surface area contributed by atoms with E-state index in [1.54, 1.807) is 18.2 Å². The van der Waals surface area contributed by atoms with Crippen LogP contribution in [0.3, 0.4) is 0 Å². The van der Waals surface area contributed by atoms with Crippen LogP contribution >= 0.6 is 0 Å². The number of methoxy groups -OCH3 is 3. The van der Waals surface area contributed by atoms with Gasteiger partial charge in [-0.05, 0) is 11.6 Å². The van der Waals surface area contributed by atoms with E-state index in [1.165, 1.54) is 27.6 Å². The number of amides is 1. The Morgan fingerprint density at radius 2 is 1.58 bits per heavy atom. The maximum atomic E-state index is 12.7. The molecule has 0 saturated carbocycles. The van der Waals surface area contributed by atoms with Crippen LogP contribution in [-0.4, -0.2) is 27.2 Å². The van der Waals surface area contributed by atoms with Crippen LogP contribution in [0, 0.1) is 0 Å². The molecular formula is C20H19NO5. The average Bonchev–Trinajstić information content (AvgIpc) is 3.17. The molecule has 0 aliphatic carbocycles. The Labute approximate surface area is 151 Å². The van der Waals surface area contributed by atoms with Gasteiger partial charge in [0.05, 0.1) is 27.6 Å². The van der Waals surface area contributed by atoms with Crippen molar-refractivity contribution in [1.29, 1.82) is 0 Å². The second-order valence-corrected chi connectivity index (χ2v) is 5.40. The lowest BCUT2D eigenvalue weighted by Crippen LogP contribution is -2.12. The molecule has 0 atom stereocenters. The Hall–Kier alpha value is -3.41. The minimum atomic E-state index is -0.372. The van der Waals surface area contributed by atoms with Gasteiger partial charge in [-0.15, -0.1) is 0 Å². The third-order valence-corrected chi connectivity index (χ3v) is 3.88. The molecule has 2 aromatic carbocycles. The summed E-state index contributed by atoms with van der Waals surface area (Å²) in [7, 11) is 4.56. The van der Waals surface area contributed by atoms with Crippen LogP contribution in [0.15, 0.2) is 59.2 Å². The van der Waals surface area contributed by atoms with Gasteiger partial charge in [0.15, 0.2) is 17.3 Å². The largest absolute Gasteiger partial charge is 0.493 e. The van der Waals surface area contributed by atoms with Crippen LogP contribution in [0.1, 0.15) is 10.6 Å². The summed E-state index contributed by atoms with van der Waals surface area (Å²) in [4.78, 5) is 12.7. The molecule has 0 aliphatic rings. The van der Waals surface area contributed by atoms with Crippen LogP contribution in [0.5, 0.6) is 17.2 Å². The normalized spacial score (nSPS) is 10.3. The van der Waals surface area contributed by atoms with Crippen molar-refractivity contribution in [3.05, 3.63) is 60.6 Å². The molecule has 26 heavy (non-hydrogen) atoms. The second-order valence-electron chi connectivity index (χ2n) is 5.40. The number of anilines is 1. The third-order valence-electron chi connectivity index (χ3n) is 3.88. The van der Waals surface area contributed by atoms with E-state index in [-0.39, 0.29) is 11.7 Å². The van der Waals surface area contributed by atoms with E-state index in [4.69, 9.17) is 18.6 Å². The van der Waals surface area contributed by atoms with Crippen molar-refractivity contribution in [3.8, 4) is 28.4 Å². The van der Waals surface area contributed by atoms with Crippen LogP contribution in [0.2, 0.25) is 0 Å². The molecule has 0 radical (unpaired) electrons. The monoisotopic (exact) mass is 353 g/mol. The number of carbonyl (C=O) groups excluding carboxylic acids is 1. The summed E-state index contributed by atoms with van der Waals surface area (Å²) in [6, 6.07) is 14.6. The van der Waals surface area contributed by atoms with Gasteiger partial charge in [-0.25, -0.2) is 0 Å². The van der Waals surface area contributed by atoms with Crippen molar-refractivity contribution in [3.63, 3.8) is 0 Å². The fraction of sp³-hybridized carbons (Fsp3) is 0.150. The van der Waals surface area contributed by atoms with Gasteiger partial charge in [0.2, 0.25) is 5.75 Å². The summed E-state index contributed by atoms with van der Waals surface area (Å²) >= 11 is 0. The quantitative estimate of drug-likeness (QED) is 0.718. The van der Waals surface area contributed by atoms with Gasteiger partial charge >= 0.3 is 0 Å². The number of carbonyl (C=O) groups is 1. The number of rotatable bonds is 6. The minimum Gasteiger partial charge on any atom is -0.493 e. The predicted octanol–water partition coefficient (Wildman–Crippen LogP) is 4.22. The number of nitrogens with one attached hydrogen (secondary N) is 1. The zero-order valence-corrected chi connectivity index (χ0v) is 14.7. The predicted molar refractivity (Wildman–Crippen MR) is 98.2 cm³/mol. The SMILES string of the molecule is COc1cc(NC(=O)c2occc2-c2ccccc2)cc(OC)c1OC. The summed E-state index contributed by atoms with van der Waals surface area (Å²) in [6.45, 7) is 0. The maximum absolute atomic E-state index is 12.7. The fourth-order valence-electron chi connectivity index (χ4n) is 2.67. The lowest BCUT2D eigenvalue weighted by Gasteiger charge is -2.14. The Bertz CT molecular complexity index is 877. The van der Waals surface area contributed by atoms with Crippen molar-refractivity contribution < 1.29 is 23.4 Å². The molecule has 6 heteroatoms. The molecule has 3 aromatic rings. The fourth-order valence-corrected chi connectivity index (χ4v) is 2.67. The van der Waals surface area contributed by atoms with Gasteiger partial charge in [0, 0.05) is 23.4 Å². The van der Waals surface area contributed by atoms with Crippen molar-refractivity contribution in [2.75, 3.05) is 26.6 Å². The van der Waals surface area contributed by atoms with E-state index in [2.05, 4.69) is 5.32 Å². The molecule has 1 aromatic heterocycles. The minimum absolute atomic E-state index is 0.227. The number of furan rings is 1. The van der Waals surface area contributed by atoms with E-state index in [0.717, 1.165) is 11.1 Å². The van der Waals surface area contributed by atoms with E-state index >= 15 is 0 Å². The van der Waals surface area contributed by atoms with Crippen LogP contribution in [0.4, 0.5) is 5.69 Å². The molecule has 1 N–H and O–H groups in total. The summed E-state index contributed by atoms with van der Waals surface area (Å²) in [5, 5.41) is 2.81. The first-order valence-corrected chi connectivity index (χ1v) is 7.92. The lowest BCUT2D eigenvalue weighted by molar-refractivity contribution is 0.0997. The van der Waals surface area contributed by atoms with Gasteiger partial charge in [-0.2, -0.15) is 0 Å². The zero-order valence-electron chi connectivity index (χ0n) is 14.7. The molecule has 6 nitrogen and oxygen atoms in total. The Kier molecular flexibility index (Phi) is 5.12. The number of benzene rings is 2. The molecule has 0 bridgehead atoms. The highest BCUT2D eigenvalue weighted by atomic mass is 16.5. The van der Waals surface area contributed by atoms with Crippen molar-refractivity contribution in [1.82, 2.24) is 0 Å². The lowest BCUT2D eigenvalue weighted by atomic mass is 10.1. The smallest absolute Gasteiger partial charge is 0.292 e. The highest BCUT2D eigenvalue weighted by Gasteiger charge is 2.19. The van der Waals surface area contributed by atoms with Crippen LogP contribution in [-0.2, 0) is 0 Å². The first-order valence-electron chi connectivity index (χ1n) is 7.92. The summed E-state index contributed by atoms with van der Waals surface area (Å²) < 4.78 is 21.3. The Balaban J connectivity index is 1.91. The molecule has 0 aliphatic heterocycles. The molecule has 0 spiro atoms.